The first-order valence-corrected chi connectivity index (χ1v) is 9.09. The van der Waals surface area contributed by atoms with Gasteiger partial charge in [-0.25, -0.2) is 9.59 Å². The minimum Gasteiger partial charge on any atom is -0.497 e. The van der Waals surface area contributed by atoms with Crippen molar-refractivity contribution in [1.82, 2.24) is 4.98 Å². The average Bonchev–Trinajstić information content (AvgIpc) is 3.05. The molecular formula is C17H15NO6S2. The number of rotatable bonds is 4. The fourth-order valence-corrected chi connectivity index (χ4v) is 4.92. The van der Waals surface area contributed by atoms with E-state index in [1.54, 1.807) is 31.4 Å². The van der Waals surface area contributed by atoms with E-state index in [4.69, 9.17) is 14.2 Å². The Morgan fingerprint density at radius 2 is 1.69 bits per heavy atom. The van der Waals surface area contributed by atoms with E-state index in [0.717, 1.165) is 28.7 Å². The first-order valence-electron chi connectivity index (χ1n) is 7.45. The topological polar surface area (TPSA) is 94.7 Å². The summed E-state index contributed by atoms with van der Waals surface area (Å²) in [5.41, 5.74) is 0.877. The van der Waals surface area contributed by atoms with E-state index in [2.05, 4.69) is 4.98 Å². The van der Waals surface area contributed by atoms with Gasteiger partial charge in [0, 0.05) is 0 Å². The highest BCUT2D eigenvalue weighted by Gasteiger charge is 2.39. The molecule has 0 saturated heterocycles. The van der Waals surface area contributed by atoms with Gasteiger partial charge in [0.25, 0.3) is 0 Å². The minimum absolute atomic E-state index is 0.0988. The molecule has 1 aliphatic heterocycles. The molecule has 1 atom stereocenters. The Morgan fingerprint density at radius 1 is 1.04 bits per heavy atom. The van der Waals surface area contributed by atoms with Gasteiger partial charge < -0.3 is 19.2 Å². The number of benzene rings is 1. The van der Waals surface area contributed by atoms with E-state index < -0.39 is 17.9 Å². The molecule has 2 heterocycles. The maximum atomic E-state index is 12.5. The van der Waals surface area contributed by atoms with Crippen molar-refractivity contribution in [2.45, 2.75) is 10.9 Å². The second-order valence-corrected chi connectivity index (χ2v) is 7.28. The fraction of sp³-hybridized carbons (Fsp3) is 0.235. The van der Waals surface area contributed by atoms with Crippen LogP contribution >= 0.6 is 23.1 Å². The van der Waals surface area contributed by atoms with Gasteiger partial charge in [-0.3, -0.25) is 4.79 Å². The quantitative estimate of drug-likeness (QED) is 0.796. The number of nitrogens with one attached hydrogen (secondary N) is 1. The third kappa shape index (κ3) is 3.15. The maximum absolute atomic E-state index is 12.5. The van der Waals surface area contributed by atoms with Gasteiger partial charge in [0.2, 0.25) is 0 Å². The van der Waals surface area contributed by atoms with Crippen LogP contribution in [0.15, 0.2) is 44.6 Å². The summed E-state index contributed by atoms with van der Waals surface area (Å²) in [5, 5.41) is 0.522. The van der Waals surface area contributed by atoms with Crippen LogP contribution in [0.25, 0.3) is 0 Å². The van der Waals surface area contributed by atoms with Gasteiger partial charge in [-0.1, -0.05) is 35.2 Å². The standard InChI is InChI=1S/C17H15NO6S2/c1-22-9-6-4-8(5-7-9)10-11(15(19)23-2)13(16(20)24-3)25-14-12(10)26-17(21)18-14/h4-7,10H,1-3H3,(H,18,21)/t10-/m0/s1. The number of hydrogen-bond acceptors (Lipinski definition) is 8. The monoisotopic (exact) mass is 393 g/mol. The molecule has 136 valence electrons. The van der Waals surface area contributed by atoms with Crippen molar-refractivity contribution in [3.8, 4) is 5.75 Å². The summed E-state index contributed by atoms with van der Waals surface area (Å²) in [6.07, 6.45) is 0. The highest BCUT2D eigenvalue weighted by molar-refractivity contribution is 8.04. The molecule has 0 radical (unpaired) electrons. The molecule has 26 heavy (non-hydrogen) atoms. The highest BCUT2D eigenvalue weighted by Crippen LogP contribution is 2.48. The van der Waals surface area contributed by atoms with Gasteiger partial charge in [-0.2, -0.15) is 0 Å². The normalized spacial score (nSPS) is 16.0. The van der Waals surface area contributed by atoms with E-state index in [-0.39, 0.29) is 15.4 Å². The maximum Gasteiger partial charge on any atom is 0.345 e. The molecule has 9 heteroatoms. The van der Waals surface area contributed by atoms with Gasteiger partial charge >= 0.3 is 16.8 Å². The van der Waals surface area contributed by atoms with E-state index in [9.17, 15) is 14.4 Å². The number of aromatic amines is 1. The molecule has 1 aromatic heterocycles. The van der Waals surface area contributed by atoms with Crippen molar-refractivity contribution in [3.05, 3.63) is 54.9 Å². The summed E-state index contributed by atoms with van der Waals surface area (Å²) < 4.78 is 14.9. The predicted molar refractivity (Wildman–Crippen MR) is 96.7 cm³/mol. The summed E-state index contributed by atoms with van der Waals surface area (Å²) in [6, 6.07) is 7.06. The smallest absolute Gasteiger partial charge is 0.345 e. The number of carbonyl (C=O) groups excluding carboxylic acids is 2. The van der Waals surface area contributed by atoms with Gasteiger partial charge in [-0.05, 0) is 17.7 Å². The summed E-state index contributed by atoms with van der Waals surface area (Å²) in [7, 11) is 4.03. The molecule has 0 saturated carbocycles. The molecule has 0 spiro atoms. The van der Waals surface area contributed by atoms with Crippen LogP contribution < -0.4 is 9.61 Å². The summed E-state index contributed by atoms with van der Waals surface area (Å²) in [5.74, 6) is -1.28. The van der Waals surface area contributed by atoms with E-state index in [1.165, 1.54) is 14.2 Å². The van der Waals surface area contributed by atoms with Crippen LogP contribution in [-0.2, 0) is 19.1 Å². The number of H-pyrrole nitrogens is 1. The first kappa shape index (κ1) is 18.3. The Labute approximate surface area is 157 Å². The number of carbonyl (C=O) groups is 2. The molecule has 0 unspecified atom stereocenters. The summed E-state index contributed by atoms with van der Waals surface area (Å²) >= 11 is 2.00. The number of aromatic nitrogens is 1. The Balaban J connectivity index is 2.25. The SMILES string of the molecule is COC(=O)C1=C(C(=O)OC)[C@H](c2ccc(OC)cc2)c2sc(=O)[nH]c2S1. The van der Waals surface area contributed by atoms with Gasteiger partial charge in [0.05, 0.1) is 42.7 Å². The molecule has 1 N–H and O–H groups in total. The number of thiazole rings is 1. The molecule has 2 aromatic rings. The van der Waals surface area contributed by atoms with Crippen LogP contribution in [0.4, 0.5) is 0 Å². The van der Waals surface area contributed by atoms with Crippen LogP contribution in [0.2, 0.25) is 0 Å². The predicted octanol–water partition coefficient (Wildman–Crippen LogP) is 2.28. The first-order chi connectivity index (χ1) is 12.5. The molecular weight excluding hydrogens is 378 g/mol. The molecule has 1 aromatic carbocycles. The second-order valence-electron chi connectivity index (χ2n) is 5.24. The number of esters is 2. The Hall–Kier alpha value is -2.52. The van der Waals surface area contributed by atoms with Crippen LogP contribution in [0, 0.1) is 0 Å². The fourth-order valence-electron chi connectivity index (χ4n) is 2.69. The molecule has 0 bridgehead atoms. The molecule has 0 amide bonds. The van der Waals surface area contributed by atoms with Gasteiger partial charge in [0.15, 0.2) is 0 Å². The van der Waals surface area contributed by atoms with Crippen molar-refractivity contribution in [1.29, 1.82) is 0 Å². The highest BCUT2D eigenvalue weighted by atomic mass is 32.2. The Kier molecular flexibility index (Phi) is 5.19. The summed E-state index contributed by atoms with van der Waals surface area (Å²) in [6.45, 7) is 0. The number of thioether (sulfide) groups is 1. The zero-order chi connectivity index (χ0) is 18.8. The van der Waals surface area contributed by atoms with Gasteiger partial charge in [0.1, 0.15) is 10.7 Å². The number of methoxy groups -OCH3 is 3. The third-order valence-corrected chi connectivity index (χ3v) is 6.06. The van der Waals surface area contributed by atoms with E-state index in [1.807, 2.05) is 0 Å². The number of fused-ring (bicyclic) bond motifs is 1. The van der Waals surface area contributed by atoms with Crippen LogP contribution in [0.5, 0.6) is 5.75 Å². The lowest BCUT2D eigenvalue weighted by Gasteiger charge is -2.25. The van der Waals surface area contributed by atoms with E-state index in [0.29, 0.717) is 15.7 Å². The molecule has 7 nitrogen and oxygen atoms in total. The van der Waals surface area contributed by atoms with Crippen LogP contribution in [-0.4, -0.2) is 38.3 Å². The number of ether oxygens (including phenoxy) is 3. The van der Waals surface area contributed by atoms with Crippen LogP contribution in [0.1, 0.15) is 16.4 Å². The zero-order valence-corrected chi connectivity index (χ0v) is 15.8. The van der Waals surface area contributed by atoms with Gasteiger partial charge in [-0.15, -0.1) is 0 Å². The van der Waals surface area contributed by atoms with Crippen LogP contribution in [0.3, 0.4) is 0 Å². The lowest BCUT2D eigenvalue weighted by Crippen LogP contribution is -2.22. The molecule has 1 aliphatic rings. The Morgan fingerprint density at radius 3 is 2.27 bits per heavy atom. The zero-order valence-electron chi connectivity index (χ0n) is 14.2. The average molecular weight is 393 g/mol. The molecule has 3 rings (SSSR count). The third-order valence-electron chi connectivity index (χ3n) is 3.87. The lowest BCUT2D eigenvalue weighted by molar-refractivity contribution is -0.139. The van der Waals surface area contributed by atoms with Crippen molar-refractivity contribution in [2.75, 3.05) is 21.3 Å². The van der Waals surface area contributed by atoms with Crippen molar-refractivity contribution >= 4 is 35.0 Å². The number of hydrogen-bond donors (Lipinski definition) is 1. The van der Waals surface area contributed by atoms with Crippen molar-refractivity contribution in [2.24, 2.45) is 0 Å². The van der Waals surface area contributed by atoms with E-state index >= 15 is 0 Å². The lowest BCUT2D eigenvalue weighted by atomic mass is 9.89. The largest absolute Gasteiger partial charge is 0.497 e. The van der Waals surface area contributed by atoms with Crippen molar-refractivity contribution in [3.63, 3.8) is 0 Å². The molecule has 0 fully saturated rings. The second kappa shape index (κ2) is 7.38. The summed E-state index contributed by atoms with van der Waals surface area (Å²) in [4.78, 5) is 39.9. The Bertz CT molecular complexity index is 941. The van der Waals surface area contributed by atoms with Crippen molar-refractivity contribution < 1.29 is 23.8 Å². The molecule has 0 aliphatic carbocycles. The minimum atomic E-state index is -0.661.